The zero-order chi connectivity index (χ0) is 14.4. The van der Waals surface area contributed by atoms with Gasteiger partial charge in [-0.1, -0.05) is 30.3 Å². The normalized spacial score (nSPS) is 12.2. The lowest BCUT2D eigenvalue weighted by molar-refractivity contribution is 0.242. The van der Waals surface area contributed by atoms with Crippen LogP contribution < -0.4 is 15.8 Å². The molecular weight excluding hydrogens is 248 g/mol. The number of ether oxygens (including phenoxy) is 1. The van der Waals surface area contributed by atoms with Crippen LogP contribution in [0.4, 0.5) is 5.69 Å². The van der Waals surface area contributed by atoms with Gasteiger partial charge in [-0.15, -0.1) is 0 Å². The highest BCUT2D eigenvalue weighted by molar-refractivity contribution is 5.45. The summed E-state index contributed by atoms with van der Waals surface area (Å²) < 4.78 is 5.65. The van der Waals surface area contributed by atoms with Crippen molar-refractivity contribution >= 4 is 5.69 Å². The molecule has 0 fully saturated rings. The molecule has 2 rings (SSSR count). The van der Waals surface area contributed by atoms with Crippen LogP contribution >= 0.6 is 0 Å². The molecule has 106 valence electrons. The van der Waals surface area contributed by atoms with Crippen molar-refractivity contribution in [3.63, 3.8) is 0 Å². The lowest BCUT2D eigenvalue weighted by Crippen LogP contribution is -2.20. The van der Waals surface area contributed by atoms with E-state index in [1.54, 1.807) is 0 Å². The predicted molar refractivity (Wildman–Crippen MR) is 84.1 cm³/mol. The van der Waals surface area contributed by atoms with E-state index >= 15 is 0 Å². The van der Waals surface area contributed by atoms with E-state index in [0.717, 1.165) is 17.0 Å². The van der Waals surface area contributed by atoms with Crippen LogP contribution in [0.1, 0.15) is 25.5 Å². The van der Waals surface area contributed by atoms with Gasteiger partial charge in [0.2, 0.25) is 0 Å². The zero-order valence-electron chi connectivity index (χ0n) is 12.0. The monoisotopic (exact) mass is 270 g/mol. The van der Waals surface area contributed by atoms with Crippen molar-refractivity contribution in [2.24, 2.45) is 5.73 Å². The predicted octanol–water partition coefficient (Wildman–Crippen LogP) is 3.59. The molecule has 0 aliphatic heterocycles. The van der Waals surface area contributed by atoms with Gasteiger partial charge in [0.25, 0.3) is 0 Å². The lowest BCUT2D eigenvalue weighted by atomic mass is 10.1. The van der Waals surface area contributed by atoms with Crippen LogP contribution in [0.15, 0.2) is 54.6 Å². The molecule has 3 N–H and O–H groups in total. The Balaban J connectivity index is 2.07. The molecular formula is C17H22N2O. The van der Waals surface area contributed by atoms with Gasteiger partial charge in [0.05, 0.1) is 12.1 Å². The fourth-order valence-corrected chi connectivity index (χ4v) is 2.06. The van der Waals surface area contributed by atoms with Crippen LogP contribution in [-0.2, 0) is 0 Å². The number of nitrogens with two attached hydrogens (primary N) is 1. The Morgan fingerprint density at radius 2 is 1.65 bits per heavy atom. The number of anilines is 1. The topological polar surface area (TPSA) is 47.3 Å². The maximum atomic E-state index is 5.88. The summed E-state index contributed by atoms with van der Waals surface area (Å²) in [6, 6.07) is 18.3. The molecule has 3 nitrogen and oxygen atoms in total. The minimum absolute atomic E-state index is 0.102. The molecule has 20 heavy (non-hydrogen) atoms. The van der Waals surface area contributed by atoms with E-state index < -0.39 is 0 Å². The first kappa shape index (κ1) is 14.4. The minimum atomic E-state index is 0.102. The lowest BCUT2D eigenvalue weighted by Gasteiger charge is -2.19. The SMILES string of the molecule is CC(C)Oc1ccc(C(CN)Nc2ccccc2)cc1. The Hall–Kier alpha value is -2.00. The van der Waals surface area contributed by atoms with Crippen molar-refractivity contribution < 1.29 is 4.74 Å². The fourth-order valence-electron chi connectivity index (χ4n) is 2.06. The third kappa shape index (κ3) is 4.00. The summed E-state index contributed by atoms with van der Waals surface area (Å²) in [5.41, 5.74) is 8.11. The van der Waals surface area contributed by atoms with Crippen molar-refractivity contribution in [2.45, 2.75) is 26.0 Å². The highest BCUT2D eigenvalue weighted by Crippen LogP contribution is 2.21. The second-order valence-corrected chi connectivity index (χ2v) is 5.03. The quantitative estimate of drug-likeness (QED) is 0.843. The summed E-state index contributed by atoms with van der Waals surface area (Å²) in [6.45, 7) is 4.58. The average molecular weight is 270 g/mol. The van der Waals surface area contributed by atoms with Crippen molar-refractivity contribution in [1.82, 2.24) is 0 Å². The molecule has 3 heteroatoms. The van der Waals surface area contributed by atoms with Gasteiger partial charge < -0.3 is 15.8 Å². The van der Waals surface area contributed by atoms with Crippen LogP contribution in [0, 0.1) is 0 Å². The number of para-hydroxylation sites is 1. The van der Waals surface area contributed by atoms with E-state index in [1.165, 1.54) is 0 Å². The van der Waals surface area contributed by atoms with Crippen LogP contribution in [-0.4, -0.2) is 12.6 Å². The Labute approximate surface area is 120 Å². The Morgan fingerprint density at radius 1 is 1.00 bits per heavy atom. The summed E-state index contributed by atoms with van der Waals surface area (Å²) in [6.07, 6.45) is 0.189. The fraction of sp³-hybridized carbons (Fsp3) is 0.294. The van der Waals surface area contributed by atoms with E-state index in [2.05, 4.69) is 17.4 Å². The standard InChI is InChI=1S/C17H22N2O/c1-13(2)20-16-10-8-14(9-11-16)17(12-18)19-15-6-4-3-5-7-15/h3-11,13,17,19H,12,18H2,1-2H3. The van der Waals surface area contributed by atoms with Crippen molar-refractivity contribution in [1.29, 1.82) is 0 Å². The molecule has 1 atom stereocenters. The first-order valence-corrected chi connectivity index (χ1v) is 6.97. The molecule has 0 radical (unpaired) electrons. The number of nitrogens with one attached hydrogen (secondary N) is 1. The van der Waals surface area contributed by atoms with Gasteiger partial charge in [-0.05, 0) is 43.7 Å². The van der Waals surface area contributed by atoms with Crippen LogP contribution in [0.2, 0.25) is 0 Å². The van der Waals surface area contributed by atoms with Crippen molar-refractivity contribution in [2.75, 3.05) is 11.9 Å². The van der Waals surface area contributed by atoms with Gasteiger partial charge in [0.15, 0.2) is 0 Å². The highest BCUT2D eigenvalue weighted by atomic mass is 16.5. The molecule has 0 aliphatic carbocycles. The van der Waals surface area contributed by atoms with Gasteiger partial charge >= 0.3 is 0 Å². The summed E-state index contributed by atoms with van der Waals surface area (Å²) in [5.74, 6) is 0.888. The molecule has 2 aromatic rings. The Kier molecular flexibility index (Phi) is 5.02. The van der Waals surface area contributed by atoms with Gasteiger partial charge in [-0.2, -0.15) is 0 Å². The van der Waals surface area contributed by atoms with E-state index in [0.29, 0.717) is 6.54 Å². The molecule has 2 aromatic carbocycles. The summed E-state index contributed by atoms with van der Waals surface area (Å²) in [5, 5.41) is 3.44. The van der Waals surface area contributed by atoms with E-state index in [9.17, 15) is 0 Å². The summed E-state index contributed by atoms with van der Waals surface area (Å²) in [7, 11) is 0. The highest BCUT2D eigenvalue weighted by Gasteiger charge is 2.09. The largest absolute Gasteiger partial charge is 0.491 e. The molecule has 0 saturated carbocycles. The first-order chi connectivity index (χ1) is 9.69. The molecule has 0 bridgehead atoms. The third-order valence-electron chi connectivity index (χ3n) is 3.00. The molecule has 0 aliphatic rings. The smallest absolute Gasteiger partial charge is 0.119 e. The third-order valence-corrected chi connectivity index (χ3v) is 3.00. The summed E-state index contributed by atoms with van der Waals surface area (Å²) in [4.78, 5) is 0. The molecule has 0 spiro atoms. The Bertz CT molecular complexity index is 508. The van der Waals surface area contributed by atoms with Gasteiger partial charge in [-0.25, -0.2) is 0 Å². The molecule has 0 amide bonds. The summed E-state index contributed by atoms with van der Waals surface area (Å²) >= 11 is 0. The first-order valence-electron chi connectivity index (χ1n) is 6.97. The number of hydrogen-bond donors (Lipinski definition) is 2. The number of benzene rings is 2. The Morgan fingerprint density at radius 3 is 2.20 bits per heavy atom. The van der Waals surface area contributed by atoms with Gasteiger partial charge in [0.1, 0.15) is 5.75 Å². The van der Waals surface area contributed by atoms with Gasteiger partial charge in [-0.3, -0.25) is 0 Å². The zero-order valence-corrected chi connectivity index (χ0v) is 12.0. The maximum absolute atomic E-state index is 5.88. The maximum Gasteiger partial charge on any atom is 0.119 e. The van der Waals surface area contributed by atoms with E-state index in [1.807, 2.05) is 56.3 Å². The number of hydrogen-bond acceptors (Lipinski definition) is 3. The minimum Gasteiger partial charge on any atom is -0.491 e. The molecule has 1 unspecified atom stereocenters. The van der Waals surface area contributed by atoms with E-state index in [4.69, 9.17) is 10.5 Å². The second-order valence-electron chi connectivity index (χ2n) is 5.03. The van der Waals surface area contributed by atoms with E-state index in [-0.39, 0.29) is 12.1 Å². The van der Waals surface area contributed by atoms with Crippen LogP contribution in [0.3, 0.4) is 0 Å². The van der Waals surface area contributed by atoms with Crippen molar-refractivity contribution in [3.8, 4) is 5.75 Å². The molecule has 0 heterocycles. The van der Waals surface area contributed by atoms with Crippen LogP contribution in [0.25, 0.3) is 0 Å². The van der Waals surface area contributed by atoms with Crippen molar-refractivity contribution in [3.05, 3.63) is 60.2 Å². The second kappa shape index (κ2) is 6.96. The average Bonchev–Trinajstić information content (AvgIpc) is 2.46. The van der Waals surface area contributed by atoms with Crippen LogP contribution in [0.5, 0.6) is 5.75 Å². The number of rotatable bonds is 6. The van der Waals surface area contributed by atoms with Gasteiger partial charge in [0, 0.05) is 12.2 Å². The molecule has 0 saturated heterocycles. The molecule has 0 aromatic heterocycles.